The maximum absolute atomic E-state index is 11.2. The van der Waals surface area contributed by atoms with Crippen molar-refractivity contribution in [3.05, 3.63) is 29.8 Å². The molecular formula is C14H15NO6S. The Kier molecular flexibility index (Phi) is 5.04. The molecule has 1 aliphatic rings. The molecule has 0 amide bonds. The second-order valence-electron chi connectivity index (χ2n) is 4.97. The third-order valence-corrected chi connectivity index (χ3v) is 4.87. The molecule has 8 heteroatoms. The Hall–Kier alpha value is -2.06. The van der Waals surface area contributed by atoms with E-state index in [1.54, 1.807) is 12.1 Å². The molecule has 4 N–H and O–H groups in total. The normalized spacial score (nSPS) is 24.1. The molecule has 0 spiro atoms. The SMILES string of the molecule is O=C(O)C[C@H]1C(Sc2ccc(C(=O)O)cc2)CN[C@@H]1C(=O)O. The third kappa shape index (κ3) is 3.77. The number of carbonyl (C=O) groups is 3. The molecule has 0 aliphatic carbocycles. The lowest BCUT2D eigenvalue weighted by Gasteiger charge is -2.19. The van der Waals surface area contributed by atoms with Crippen LogP contribution in [0.5, 0.6) is 0 Å². The van der Waals surface area contributed by atoms with Gasteiger partial charge in [0.1, 0.15) is 6.04 Å². The van der Waals surface area contributed by atoms with E-state index in [0.29, 0.717) is 6.54 Å². The van der Waals surface area contributed by atoms with Crippen molar-refractivity contribution in [2.45, 2.75) is 22.6 Å². The summed E-state index contributed by atoms with van der Waals surface area (Å²) in [6.07, 6.45) is -0.227. The smallest absolute Gasteiger partial charge is 0.335 e. The van der Waals surface area contributed by atoms with Crippen molar-refractivity contribution >= 4 is 29.7 Å². The second-order valence-corrected chi connectivity index (χ2v) is 6.28. The highest BCUT2D eigenvalue weighted by Gasteiger charge is 2.41. The lowest BCUT2D eigenvalue weighted by molar-refractivity contribution is -0.141. The third-order valence-electron chi connectivity index (χ3n) is 3.51. The standard InChI is InChI=1S/C14H15NO6S/c16-11(17)5-9-10(6-15-12(9)14(20)21)22-8-3-1-7(2-4-8)13(18)19/h1-4,9-10,12,15H,5-6H2,(H,16,17)(H,18,19)(H,20,21)/t9-,10?,12-/m0/s1. The fourth-order valence-electron chi connectivity index (χ4n) is 2.46. The van der Waals surface area contributed by atoms with Gasteiger partial charge in [-0.1, -0.05) is 0 Å². The monoisotopic (exact) mass is 325 g/mol. The molecule has 1 fully saturated rings. The average molecular weight is 325 g/mol. The molecule has 22 heavy (non-hydrogen) atoms. The van der Waals surface area contributed by atoms with Crippen molar-refractivity contribution in [2.24, 2.45) is 5.92 Å². The van der Waals surface area contributed by atoms with Gasteiger partial charge in [-0.25, -0.2) is 4.79 Å². The molecular weight excluding hydrogens is 310 g/mol. The summed E-state index contributed by atoms with van der Waals surface area (Å²) in [6, 6.07) is 5.33. The Morgan fingerprint density at radius 1 is 1.14 bits per heavy atom. The Bertz CT molecular complexity index is 588. The number of hydrogen-bond acceptors (Lipinski definition) is 5. The lowest BCUT2D eigenvalue weighted by Crippen LogP contribution is -2.37. The number of aromatic carboxylic acids is 1. The average Bonchev–Trinajstić information content (AvgIpc) is 2.82. The number of carboxylic acid groups (broad SMARTS) is 3. The van der Waals surface area contributed by atoms with Crippen molar-refractivity contribution in [3.63, 3.8) is 0 Å². The van der Waals surface area contributed by atoms with Crippen LogP contribution >= 0.6 is 11.8 Å². The minimum Gasteiger partial charge on any atom is -0.481 e. The van der Waals surface area contributed by atoms with E-state index < -0.39 is 29.9 Å². The molecule has 1 saturated heterocycles. The first-order valence-corrected chi connectivity index (χ1v) is 7.44. The van der Waals surface area contributed by atoms with E-state index in [9.17, 15) is 14.4 Å². The molecule has 0 bridgehead atoms. The highest BCUT2D eigenvalue weighted by molar-refractivity contribution is 8.00. The minimum absolute atomic E-state index is 0.166. The maximum atomic E-state index is 11.2. The fraction of sp³-hybridized carbons (Fsp3) is 0.357. The molecule has 1 aromatic rings. The molecule has 0 saturated carbocycles. The van der Waals surface area contributed by atoms with Crippen molar-refractivity contribution < 1.29 is 29.7 Å². The molecule has 1 heterocycles. The van der Waals surface area contributed by atoms with Crippen LogP contribution in [0.25, 0.3) is 0 Å². The van der Waals surface area contributed by atoms with Gasteiger partial charge in [-0.3, -0.25) is 9.59 Å². The van der Waals surface area contributed by atoms with E-state index in [1.807, 2.05) is 0 Å². The molecule has 3 atom stereocenters. The summed E-state index contributed by atoms with van der Waals surface area (Å²) in [5, 5.41) is 29.6. The minimum atomic E-state index is -1.06. The van der Waals surface area contributed by atoms with Crippen LogP contribution in [0.1, 0.15) is 16.8 Å². The Labute approximate surface area is 130 Å². The lowest BCUT2D eigenvalue weighted by atomic mass is 9.96. The topological polar surface area (TPSA) is 124 Å². The van der Waals surface area contributed by atoms with Crippen LogP contribution in [0.2, 0.25) is 0 Å². The summed E-state index contributed by atoms with van der Waals surface area (Å²) in [5.74, 6) is -3.64. The fourth-order valence-corrected chi connectivity index (χ4v) is 3.71. The second kappa shape index (κ2) is 6.80. The molecule has 118 valence electrons. The number of rotatable bonds is 6. The maximum Gasteiger partial charge on any atom is 0.335 e. The zero-order valence-electron chi connectivity index (χ0n) is 11.4. The van der Waals surface area contributed by atoms with Gasteiger partial charge in [0.2, 0.25) is 0 Å². The van der Waals surface area contributed by atoms with Gasteiger partial charge in [0.15, 0.2) is 0 Å². The van der Waals surface area contributed by atoms with Crippen LogP contribution in [0, 0.1) is 5.92 Å². The highest BCUT2D eigenvalue weighted by Crippen LogP contribution is 2.35. The molecule has 0 aromatic heterocycles. The number of benzene rings is 1. The molecule has 1 aromatic carbocycles. The van der Waals surface area contributed by atoms with Gasteiger partial charge in [-0.2, -0.15) is 0 Å². The summed E-state index contributed by atoms with van der Waals surface area (Å²) in [7, 11) is 0. The van der Waals surface area contributed by atoms with Gasteiger partial charge in [-0.15, -0.1) is 11.8 Å². The summed E-state index contributed by atoms with van der Waals surface area (Å²) in [6.45, 7) is 0.389. The van der Waals surface area contributed by atoms with Crippen LogP contribution in [-0.4, -0.2) is 51.1 Å². The van der Waals surface area contributed by atoms with Crippen LogP contribution in [0.15, 0.2) is 29.2 Å². The molecule has 1 aliphatic heterocycles. The van der Waals surface area contributed by atoms with Crippen molar-refractivity contribution in [3.8, 4) is 0 Å². The van der Waals surface area contributed by atoms with Crippen LogP contribution in [0.4, 0.5) is 0 Å². The molecule has 7 nitrogen and oxygen atoms in total. The van der Waals surface area contributed by atoms with Gasteiger partial charge in [-0.05, 0) is 24.3 Å². The molecule has 1 unspecified atom stereocenters. The Morgan fingerprint density at radius 2 is 1.77 bits per heavy atom. The quantitative estimate of drug-likeness (QED) is 0.610. The first kappa shape index (κ1) is 16.3. The summed E-state index contributed by atoms with van der Waals surface area (Å²) in [4.78, 5) is 33.7. The highest BCUT2D eigenvalue weighted by atomic mass is 32.2. The first-order chi connectivity index (χ1) is 10.4. The van der Waals surface area contributed by atoms with Gasteiger partial charge >= 0.3 is 17.9 Å². The number of hydrogen-bond donors (Lipinski definition) is 4. The van der Waals surface area contributed by atoms with Crippen LogP contribution in [0.3, 0.4) is 0 Å². The van der Waals surface area contributed by atoms with Gasteiger partial charge < -0.3 is 20.6 Å². The summed E-state index contributed by atoms with van der Waals surface area (Å²) in [5.41, 5.74) is 0.166. The van der Waals surface area contributed by atoms with E-state index in [2.05, 4.69) is 5.32 Å². The van der Waals surface area contributed by atoms with Gasteiger partial charge in [0.25, 0.3) is 0 Å². The molecule has 2 rings (SSSR count). The van der Waals surface area contributed by atoms with Crippen LogP contribution < -0.4 is 5.32 Å². The van der Waals surface area contributed by atoms with Crippen LogP contribution in [-0.2, 0) is 9.59 Å². The molecule has 0 radical (unpaired) electrons. The van der Waals surface area contributed by atoms with Crippen molar-refractivity contribution in [2.75, 3.05) is 6.54 Å². The number of thioether (sulfide) groups is 1. The van der Waals surface area contributed by atoms with Gasteiger partial charge in [0, 0.05) is 22.6 Å². The van der Waals surface area contributed by atoms with E-state index in [-0.39, 0.29) is 17.2 Å². The van der Waals surface area contributed by atoms with Crippen molar-refractivity contribution in [1.82, 2.24) is 5.32 Å². The zero-order chi connectivity index (χ0) is 16.3. The van der Waals surface area contributed by atoms with E-state index in [4.69, 9.17) is 15.3 Å². The Balaban J connectivity index is 2.11. The Morgan fingerprint density at radius 3 is 2.27 bits per heavy atom. The van der Waals surface area contributed by atoms with E-state index in [0.717, 1.165) is 4.90 Å². The summed E-state index contributed by atoms with van der Waals surface area (Å²) < 4.78 is 0. The predicted molar refractivity (Wildman–Crippen MR) is 78.2 cm³/mol. The van der Waals surface area contributed by atoms with E-state index >= 15 is 0 Å². The van der Waals surface area contributed by atoms with Gasteiger partial charge in [0.05, 0.1) is 12.0 Å². The van der Waals surface area contributed by atoms with E-state index in [1.165, 1.54) is 23.9 Å². The number of carboxylic acids is 3. The largest absolute Gasteiger partial charge is 0.481 e. The number of nitrogens with one attached hydrogen (secondary N) is 1. The summed E-state index contributed by atoms with van der Waals surface area (Å²) >= 11 is 1.36. The first-order valence-electron chi connectivity index (χ1n) is 6.56. The van der Waals surface area contributed by atoms with Crippen molar-refractivity contribution in [1.29, 1.82) is 0 Å². The zero-order valence-corrected chi connectivity index (χ0v) is 12.2. The number of aliphatic carboxylic acids is 2. The predicted octanol–water partition coefficient (Wildman–Crippen LogP) is 0.993.